The molecule has 0 aromatic rings. The molecule has 0 bridgehead atoms. The van der Waals surface area contributed by atoms with Crippen LogP contribution in [-0.4, -0.2) is 57.8 Å². The Morgan fingerprint density at radius 1 is 1.19 bits per heavy atom. The quantitative estimate of drug-likeness (QED) is 0.456. The van der Waals surface area contributed by atoms with Gasteiger partial charge in [-0.25, -0.2) is 0 Å². The van der Waals surface area contributed by atoms with Gasteiger partial charge in [0.25, 0.3) is 0 Å². The molecule has 7 nitrogen and oxygen atoms in total. The largest absolute Gasteiger partial charge is 0.465 e. The van der Waals surface area contributed by atoms with Crippen LogP contribution in [0.3, 0.4) is 0 Å². The summed E-state index contributed by atoms with van der Waals surface area (Å²) >= 11 is 0. The Morgan fingerprint density at radius 2 is 1.84 bits per heavy atom. The lowest BCUT2D eigenvalue weighted by atomic mass is 9.58. The van der Waals surface area contributed by atoms with E-state index in [4.69, 9.17) is 9.47 Å². The Balaban J connectivity index is 2.16. The van der Waals surface area contributed by atoms with Gasteiger partial charge in [-0.3, -0.25) is 9.59 Å². The molecule has 0 amide bonds. The summed E-state index contributed by atoms with van der Waals surface area (Å²) in [6.45, 7) is 12.6. The molecule has 3 aliphatic carbocycles. The van der Waals surface area contributed by atoms with Gasteiger partial charge in [-0.2, -0.15) is 0 Å². The maximum Gasteiger partial charge on any atom is 0.303 e. The zero-order valence-electron chi connectivity index (χ0n) is 19.3. The van der Waals surface area contributed by atoms with Crippen molar-refractivity contribution in [1.82, 2.24) is 0 Å². The second kappa shape index (κ2) is 8.49. The standard InChI is InChI=1S/C24H38O7/c1-12(2)24(29)8-7-23(11-30-15(5)25)10-18-13(3)19(27)9-17(18)14(4)21(31-16(6)26)20(28)22(23)24/h12,14,17-22,27-29H,3,7-11H2,1-2,4-6H3. The number of carbonyl (C=O) groups excluding carboxylic acids is 2. The smallest absolute Gasteiger partial charge is 0.303 e. The number of ether oxygens (including phenoxy) is 2. The molecule has 9 atom stereocenters. The van der Waals surface area contributed by atoms with E-state index < -0.39 is 47.2 Å². The molecule has 0 saturated heterocycles. The average Bonchev–Trinajstić information content (AvgIpc) is 3.12. The third-order valence-corrected chi connectivity index (χ3v) is 8.50. The van der Waals surface area contributed by atoms with E-state index in [0.717, 1.165) is 5.57 Å². The SMILES string of the molecule is C=C1C(O)CC2C1CC1(COC(C)=O)CCC(O)(C(C)C)C1C(O)C(OC(C)=O)C2C. The summed E-state index contributed by atoms with van der Waals surface area (Å²) < 4.78 is 11.2. The first-order valence-electron chi connectivity index (χ1n) is 11.4. The summed E-state index contributed by atoms with van der Waals surface area (Å²) in [5.74, 6) is -2.09. The number of hydrogen-bond donors (Lipinski definition) is 3. The molecular weight excluding hydrogens is 400 g/mol. The van der Waals surface area contributed by atoms with Gasteiger partial charge in [0.05, 0.1) is 24.4 Å². The highest BCUT2D eigenvalue weighted by Gasteiger charge is 2.65. The van der Waals surface area contributed by atoms with Crippen LogP contribution < -0.4 is 0 Å². The molecule has 0 heterocycles. The van der Waals surface area contributed by atoms with Crippen molar-refractivity contribution in [3.63, 3.8) is 0 Å². The number of rotatable bonds is 4. The van der Waals surface area contributed by atoms with Gasteiger partial charge in [-0.05, 0) is 54.9 Å². The molecule has 0 spiro atoms. The van der Waals surface area contributed by atoms with Crippen LogP contribution in [0, 0.1) is 35.0 Å². The maximum absolute atomic E-state index is 12.0. The lowest BCUT2D eigenvalue weighted by Gasteiger charge is -2.51. The highest BCUT2D eigenvalue weighted by atomic mass is 16.6. The summed E-state index contributed by atoms with van der Waals surface area (Å²) in [5, 5.41) is 34.0. The zero-order valence-corrected chi connectivity index (χ0v) is 19.3. The number of aliphatic hydroxyl groups excluding tert-OH is 2. The van der Waals surface area contributed by atoms with Crippen LogP contribution in [0.25, 0.3) is 0 Å². The summed E-state index contributed by atoms with van der Waals surface area (Å²) in [4.78, 5) is 23.7. The minimum atomic E-state index is -1.21. The number of fused-ring (bicyclic) bond motifs is 2. The minimum absolute atomic E-state index is 0.0376. The van der Waals surface area contributed by atoms with Gasteiger partial charge in [0, 0.05) is 25.2 Å². The summed E-state index contributed by atoms with van der Waals surface area (Å²) in [6, 6.07) is 0. The molecule has 7 heteroatoms. The highest BCUT2D eigenvalue weighted by molar-refractivity contribution is 5.66. The lowest BCUT2D eigenvalue weighted by Crippen LogP contribution is -2.59. The van der Waals surface area contributed by atoms with Gasteiger partial charge in [-0.1, -0.05) is 27.4 Å². The normalized spacial score (nSPS) is 44.9. The Morgan fingerprint density at radius 3 is 2.39 bits per heavy atom. The second-order valence-corrected chi connectivity index (χ2v) is 10.5. The monoisotopic (exact) mass is 438 g/mol. The maximum atomic E-state index is 12.0. The zero-order chi connectivity index (χ0) is 23.3. The molecular formula is C24H38O7. The first kappa shape index (κ1) is 24.2. The van der Waals surface area contributed by atoms with Crippen molar-refractivity contribution >= 4 is 11.9 Å². The molecule has 3 rings (SSSR count). The van der Waals surface area contributed by atoms with Crippen LogP contribution in [0.4, 0.5) is 0 Å². The van der Waals surface area contributed by atoms with Crippen LogP contribution in [0.5, 0.6) is 0 Å². The summed E-state index contributed by atoms with van der Waals surface area (Å²) in [6.07, 6.45) is -0.594. The topological polar surface area (TPSA) is 113 Å². The van der Waals surface area contributed by atoms with E-state index in [2.05, 4.69) is 6.58 Å². The van der Waals surface area contributed by atoms with E-state index in [1.54, 1.807) is 0 Å². The number of esters is 2. The fourth-order valence-electron chi connectivity index (χ4n) is 6.80. The Labute approximate surface area is 184 Å². The molecule has 0 aromatic heterocycles. The molecule has 3 aliphatic rings. The van der Waals surface area contributed by atoms with Crippen LogP contribution in [0.2, 0.25) is 0 Å². The first-order valence-corrected chi connectivity index (χ1v) is 11.4. The van der Waals surface area contributed by atoms with E-state index in [1.165, 1.54) is 13.8 Å². The van der Waals surface area contributed by atoms with E-state index in [0.29, 0.717) is 25.7 Å². The van der Waals surface area contributed by atoms with E-state index in [9.17, 15) is 24.9 Å². The Kier molecular flexibility index (Phi) is 6.63. The molecule has 9 unspecified atom stereocenters. The number of carbonyl (C=O) groups is 2. The van der Waals surface area contributed by atoms with E-state index in [1.807, 2.05) is 20.8 Å². The molecule has 0 aromatic carbocycles. The Hall–Kier alpha value is -1.44. The summed E-state index contributed by atoms with van der Waals surface area (Å²) in [7, 11) is 0. The van der Waals surface area contributed by atoms with Crippen LogP contribution in [-0.2, 0) is 19.1 Å². The van der Waals surface area contributed by atoms with Gasteiger partial charge in [0.1, 0.15) is 6.10 Å². The third-order valence-electron chi connectivity index (χ3n) is 8.50. The van der Waals surface area contributed by atoms with Crippen molar-refractivity contribution in [2.24, 2.45) is 35.0 Å². The van der Waals surface area contributed by atoms with Gasteiger partial charge in [0.2, 0.25) is 0 Å². The fourth-order valence-corrected chi connectivity index (χ4v) is 6.80. The number of aliphatic hydroxyl groups is 3. The van der Waals surface area contributed by atoms with Crippen molar-refractivity contribution in [2.75, 3.05) is 6.61 Å². The van der Waals surface area contributed by atoms with Gasteiger partial charge in [0.15, 0.2) is 0 Å². The molecule has 0 aliphatic heterocycles. The van der Waals surface area contributed by atoms with Gasteiger partial charge < -0.3 is 24.8 Å². The molecule has 3 saturated carbocycles. The van der Waals surface area contributed by atoms with Crippen molar-refractivity contribution < 1.29 is 34.4 Å². The van der Waals surface area contributed by atoms with Crippen molar-refractivity contribution in [3.05, 3.63) is 12.2 Å². The van der Waals surface area contributed by atoms with Crippen molar-refractivity contribution in [3.8, 4) is 0 Å². The first-order chi connectivity index (χ1) is 14.3. The molecule has 31 heavy (non-hydrogen) atoms. The van der Waals surface area contributed by atoms with E-state index >= 15 is 0 Å². The molecule has 0 radical (unpaired) electrons. The second-order valence-electron chi connectivity index (χ2n) is 10.5. The van der Waals surface area contributed by atoms with Crippen molar-refractivity contribution in [1.29, 1.82) is 0 Å². The molecule has 3 N–H and O–H groups in total. The highest BCUT2D eigenvalue weighted by Crippen LogP contribution is 2.62. The van der Waals surface area contributed by atoms with Gasteiger partial charge in [-0.15, -0.1) is 0 Å². The Bertz CT molecular complexity index is 733. The predicted molar refractivity (Wildman–Crippen MR) is 114 cm³/mol. The molecule has 3 fully saturated rings. The summed E-state index contributed by atoms with van der Waals surface area (Å²) in [5.41, 5.74) is -1.18. The van der Waals surface area contributed by atoms with Crippen molar-refractivity contribution in [2.45, 2.75) is 84.2 Å². The number of hydrogen-bond acceptors (Lipinski definition) is 7. The molecule has 176 valence electrons. The van der Waals surface area contributed by atoms with Gasteiger partial charge >= 0.3 is 11.9 Å². The minimum Gasteiger partial charge on any atom is -0.465 e. The average molecular weight is 439 g/mol. The predicted octanol–water partition coefficient (Wildman–Crippen LogP) is 2.22. The van der Waals surface area contributed by atoms with Crippen LogP contribution >= 0.6 is 0 Å². The lowest BCUT2D eigenvalue weighted by molar-refractivity contribution is -0.196. The van der Waals surface area contributed by atoms with E-state index in [-0.39, 0.29) is 30.3 Å². The fraction of sp³-hybridized carbons (Fsp3) is 0.833. The van der Waals surface area contributed by atoms with Crippen LogP contribution in [0.15, 0.2) is 12.2 Å². The van der Waals surface area contributed by atoms with Crippen LogP contribution in [0.1, 0.15) is 60.3 Å². The third kappa shape index (κ3) is 4.05.